The molecule has 4 atom stereocenters. The van der Waals surface area contributed by atoms with Gasteiger partial charge in [-0.25, -0.2) is 0 Å². The zero-order chi connectivity index (χ0) is 7.64. The molecule has 0 heteroatoms. The van der Waals surface area contributed by atoms with Crippen molar-refractivity contribution in [3.63, 3.8) is 0 Å². The van der Waals surface area contributed by atoms with E-state index in [1.807, 2.05) is 0 Å². The van der Waals surface area contributed by atoms with Crippen molar-refractivity contribution in [2.45, 2.75) is 39.5 Å². The van der Waals surface area contributed by atoms with Crippen LogP contribution in [0.5, 0.6) is 0 Å². The first-order valence-corrected chi connectivity index (χ1v) is 5.24. The highest BCUT2D eigenvalue weighted by Crippen LogP contribution is 2.72. The van der Waals surface area contributed by atoms with Crippen molar-refractivity contribution < 1.29 is 0 Å². The van der Waals surface area contributed by atoms with Gasteiger partial charge in [-0.2, -0.15) is 0 Å². The van der Waals surface area contributed by atoms with Gasteiger partial charge in [0.25, 0.3) is 0 Å². The predicted molar refractivity (Wildman–Crippen MR) is 46.2 cm³/mol. The van der Waals surface area contributed by atoms with Crippen LogP contribution < -0.4 is 0 Å². The van der Waals surface area contributed by atoms with Gasteiger partial charge in [-0.15, -0.1) is 0 Å². The fraction of sp³-hybridized carbons (Fsp3) is 1.00. The molecule has 3 rings (SSSR count). The lowest BCUT2D eigenvalue weighted by Crippen LogP contribution is -2.18. The van der Waals surface area contributed by atoms with Gasteiger partial charge in [0, 0.05) is 0 Å². The van der Waals surface area contributed by atoms with Crippen molar-refractivity contribution in [2.24, 2.45) is 29.1 Å². The Morgan fingerprint density at radius 2 is 1.36 bits per heavy atom. The minimum absolute atomic E-state index is 0.867. The van der Waals surface area contributed by atoms with Gasteiger partial charge < -0.3 is 0 Å². The summed E-state index contributed by atoms with van der Waals surface area (Å²) in [5.41, 5.74) is 0.867. The van der Waals surface area contributed by atoms with Crippen molar-refractivity contribution in [2.75, 3.05) is 0 Å². The fourth-order valence-electron chi connectivity index (χ4n) is 3.93. The number of rotatable bonds is 0. The molecule has 0 aromatic heterocycles. The summed E-state index contributed by atoms with van der Waals surface area (Å²) in [4.78, 5) is 0. The van der Waals surface area contributed by atoms with Crippen LogP contribution in [0.25, 0.3) is 0 Å². The third-order valence-electron chi connectivity index (χ3n) is 5.31. The topological polar surface area (TPSA) is 0 Å². The third-order valence-corrected chi connectivity index (χ3v) is 5.31. The molecule has 3 fully saturated rings. The quantitative estimate of drug-likeness (QED) is 0.498. The monoisotopic (exact) mass is 150 g/mol. The summed E-state index contributed by atoms with van der Waals surface area (Å²) in [5, 5.41) is 0. The van der Waals surface area contributed by atoms with E-state index in [-0.39, 0.29) is 0 Å². The van der Waals surface area contributed by atoms with E-state index in [1.54, 1.807) is 25.7 Å². The first-order chi connectivity index (χ1) is 5.24. The average molecular weight is 150 g/mol. The standard InChI is InChI=1S/C11H18/c1-7-8(2)11(7)5-9-3-4-10(9)6-11/h7-10H,3-6H2,1-2H3. The summed E-state index contributed by atoms with van der Waals surface area (Å²) >= 11 is 0. The van der Waals surface area contributed by atoms with E-state index >= 15 is 0 Å². The Balaban J connectivity index is 1.83. The van der Waals surface area contributed by atoms with Gasteiger partial charge in [0.1, 0.15) is 0 Å². The average Bonchev–Trinajstić information content (AvgIpc) is 2.32. The second kappa shape index (κ2) is 1.67. The minimum Gasteiger partial charge on any atom is -0.0617 e. The van der Waals surface area contributed by atoms with Crippen molar-refractivity contribution in [3.8, 4) is 0 Å². The molecule has 1 spiro atoms. The maximum Gasteiger partial charge on any atom is -0.0235 e. The molecule has 3 aliphatic rings. The molecule has 3 saturated carbocycles. The Hall–Kier alpha value is 0. The Kier molecular flexibility index (Phi) is 0.990. The smallest absolute Gasteiger partial charge is 0.0235 e. The molecule has 0 aromatic rings. The highest BCUT2D eigenvalue weighted by atomic mass is 14.7. The number of hydrogen-bond donors (Lipinski definition) is 0. The molecule has 0 aliphatic heterocycles. The molecule has 0 N–H and O–H groups in total. The van der Waals surface area contributed by atoms with Gasteiger partial charge in [-0.05, 0) is 54.8 Å². The Morgan fingerprint density at radius 3 is 1.64 bits per heavy atom. The summed E-state index contributed by atoms with van der Waals surface area (Å²) in [6.45, 7) is 4.94. The normalized spacial score (nSPS) is 66.0. The second-order valence-corrected chi connectivity index (χ2v) is 5.32. The van der Waals surface area contributed by atoms with E-state index < -0.39 is 0 Å². The van der Waals surface area contributed by atoms with Gasteiger partial charge in [-0.1, -0.05) is 13.8 Å². The van der Waals surface area contributed by atoms with Crippen LogP contribution in [-0.2, 0) is 0 Å². The van der Waals surface area contributed by atoms with Gasteiger partial charge in [0.05, 0.1) is 0 Å². The van der Waals surface area contributed by atoms with Crippen LogP contribution in [-0.4, -0.2) is 0 Å². The second-order valence-electron chi connectivity index (χ2n) is 5.32. The van der Waals surface area contributed by atoms with Gasteiger partial charge in [0.2, 0.25) is 0 Å². The van der Waals surface area contributed by atoms with E-state index in [4.69, 9.17) is 0 Å². The maximum absolute atomic E-state index is 2.47. The van der Waals surface area contributed by atoms with Crippen LogP contribution in [0.2, 0.25) is 0 Å². The molecule has 0 aromatic carbocycles. The largest absolute Gasteiger partial charge is 0.0617 e. The Bertz CT molecular complexity index is 172. The van der Waals surface area contributed by atoms with E-state index in [9.17, 15) is 0 Å². The maximum atomic E-state index is 2.47. The molecule has 0 bridgehead atoms. The molecule has 0 amide bonds. The van der Waals surface area contributed by atoms with Gasteiger partial charge >= 0.3 is 0 Å². The van der Waals surface area contributed by atoms with Gasteiger partial charge in [-0.3, -0.25) is 0 Å². The lowest BCUT2D eigenvalue weighted by atomic mass is 9.77. The lowest BCUT2D eigenvalue weighted by molar-refractivity contribution is 0.219. The van der Waals surface area contributed by atoms with Gasteiger partial charge in [0.15, 0.2) is 0 Å². The summed E-state index contributed by atoms with van der Waals surface area (Å²) < 4.78 is 0. The van der Waals surface area contributed by atoms with Crippen LogP contribution in [0.4, 0.5) is 0 Å². The number of fused-ring (bicyclic) bond motifs is 1. The molecule has 0 radical (unpaired) electrons. The summed E-state index contributed by atoms with van der Waals surface area (Å²) in [5.74, 6) is 4.46. The Morgan fingerprint density at radius 1 is 0.909 bits per heavy atom. The molecular weight excluding hydrogens is 132 g/mol. The Labute approximate surface area is 69.4 Å². The van der Waals surface area contributed by atoms with Crippen LogP contribution >= 0.6 is 0 Å². The predicted octanol–water partition coefficient (Wildman–Crippen LogP) is 3.08. The molecule has 3 aliphatic carbocycles. The molecule has 62 valence electrons. The highest BCUT2D eigenvalue weighted by molar-refractivity contribution is 5.13. The van der Waals surface area contributed by atoms with Crippen LogP contribution in [0, 0.1) is 29.1 Å². The van der Waals surface area contributed by atoms with Crippen LogP contribution in [0.15, 0.2) is 0 Å². The van der Waals surface area contributed by atoms with Crippen molar-refractivity contribution >= 4 is 0 Å². The van der Waals surface area contributed by atoms with Crippen molar-refractivity contribution in [1.29, 1.82) is 0 Å². The van der Waals surface area contributed by atoms with Crippen molar-refractivity contribution in [3.05, 3.63) is 0 Å². The zero-order valence-electron chi connectivity index (χ0n) is 7.64. The zero-order valence-corrected chi connectivity index (χ0v) is 7.64. The summed E-state index contributed by atoms with van der Waals surface area (Å²) in [6, 6.07) is 0. The summed E-state index contributed by atoms with van der Waals surface area (Å²) in [7, 11) is 0. The number of hydrogen-bond acceptors (Lipinski definition) is 0. The van der Waals surface area contributed by atoms with Crippen LogP contribution in [0.3, 0.4) is 0 Å². The lowest BCUT2D eigenvalue weighted by Gasteiger charge is -2.29. The molecule has 0 saturated heterocycles. The molecule has 11 heavy (non-hydrogen) atoms. The summed E-state index contributed by atoms with van der Waals surface area (Å²) in [6.07, 6.45) is 6.32. The molecular formula is C11H18. The third kappa shape index (κ3) is 0.588. The van der Waals surface area contributed by atoms with E-state index in [0.717, 1.165) is 17.3 Å². The van der Waals surface area contributed by atoms with Crippen molar-refractivity contribution in [1.82, 2.24) is 0 Å². The first-order valence-electron chi connectivity index (χ1n) is 5.24. The van der Waals surface area contributed by atoms with E-state index in [2.05, 4.69) is 13.8 Å². The SMILES string of the molecule is CC1C(C)C12CC1CCC1C2. The first kappa shape index (κ1) is 6.51. The molecule has 4 unspecified atom stereocenters. The highest BCUT2D eigenvalue weighted by Gasteiger charge is 2.65. The van der Waals surface area contributed by atoms with E-state index in [0.29, 0.717) is 0 Å². The fourth-order valence-corrected chi connectivity index (χ4v) is 3.93. The molecule has 0 heterocycles. The van der Waals surface area contributed by atoms with Crippen LogP contribution in [0.1, 0.15) is 39.5 Å². The van der Waals surface area contributed by atoms with E-state index in [1.165, 1.54) is 11.8 Å². The minimum atomic E-state index is 0.867. The molecule has 0 nitrogen and oxygen atoms in total.